The summed E-state index contributed by atoms with van der Waals surface area (Å²) in [4.78, 5) is 24.1. The molecule has 0 heterocycles. The molecule has 5 nitrogen and oxygen atoms in total. The van der Waals surface area contributed by atoms with Gasteiger partial charge in [0.05, 0.1) is 6.10 Å². The van der Waals surface area contributed by atoms with E-state index in [-0.39, 0.29) is 18.1 Å². The minimum Gasteiger partial charge on any atom is -0.389 e. The molecule has 4 aliphatic carbocycles. The molecule has 3 N–H and O–H groups in total. The van der Waals surface area contributed by atoms with Crippen LogP contribution in [-0.2, 0) is 9.59 Å². The summed E-state index contributed by atoms with van der Waals surface area (Å²) in [5.41, 5.74) is 0.266. The molecule has 0 amide bonds. The Morgan fingerprint density at radius 1 is 1.31 bits per heavy atom. The summed E-state index contributed by atoms with van der Waals surface area (Å²) < 4.78 is 0. The summed E-state index contributed by atoms with van der Waals surface area (Å²) in [7, 11) is 0. The van der Waals surface area contributed by atoms with Crippen LogP contribution in [0.5, 0.6) is 0 Å². The van der Waals surface area contributed by atoms with Crippen LogP contribution in [0.4, 0.5) is 0 Å². The fraction of sp³-hybridized carbons (Fsp3) is 0.619. The van der Waals surface area contributed by atoms with E-state index in [1.807, 2.05) is 19.9 Å². The molecule has 5 atom stereocenters. The Balaban J connectivity index is 1.85. The monoisotopic (exact) mass is 358 g/mol. The summed E-state index contributed by atoms with van der Waals surface area (Å²) in [6, 6.07) is 0. The maximum absolute atomic E-state index is 12.3. The van der Waals surface area contributed by atoms with Crippen molar-refractivity contribution in [2.24, 2.45) is 16.7 Å². The van der Waals surface area contributed by atoms with Crippen molar-refractivity contribution in [2.45, 2.75) is 57.7 Å². The van der Waals surface area contributed by atoms with Gasteiger partial charge in [0, 0.05) is 10.8 Å². The Morgan fingerprint density at radius 2 is 2.04 bits per heavy atom. The quantitative estimate of drug-likeness (QED) is 0.652. The number of rotatable bonds is 2. The molecule has 140 valence electrons. The lowest BCUT2D eigenvalue weighted by Crippen LogP contribution is -2.56. The van der Waals surface area contributed by atoms with E-state index in [1.54, 1.807) is 12.2 Å². The van der Waals surface area contributed by atoms with Crippen molar-refractivity contribution < 1.29 is 24.9 Å². The molecule has 0 bridgehead atoms. The maximum Gasteiger partial charge on any atom is 0.190 e. The van der Waals surface area contributed by atoms with Gasteiger partial charge in [-0.2, -0.15) is 0 Å². The van der Waals surface area contributed by atoms with Crippen LogP contribution in [-0.4, -0.2) is 45.2 Å². The van der Waals surface area contributed by atoms with Crippen molar-refractivity contribution in [2.75, 3.05) is 6.61 Å². The van der Waals surface area contributed by atoms with Gasteiger partial charge in [-0.05, 0) is 62.7 Å². The Bertz CT molecular complexity index is 790. The second kappa shape index (κ2) is 5.47. The lowest BCUT2D eigenvalue weighted by atomic mass is 9.53. The molecule has 0 aliphatic heterocycles. The number of allylic oxidation sites excluding steroid dienone is 5. The Morgan fingerprint density at radius 3 is 2.73 bits per heavy atom. The number of fused-ring (bicyclic) bond motifs is 4. The zero-order valence-electron chi connectivity index (χ0n) is 15.3. The third kappa shape index (κ3) is 2.02. The number of hydrogen-bond acceptors (Lipinski definition) is 5. The zero-order chi connectivity index (χ0) is 18.9. The molecule has 1 fully saturated rings. The second-order valence-corrected chi connectivity index (χ2v) is 8.72. The van der Waals surface area contributed by atoms with E-state index in [2.05, 4.69) is 0 Å². The molecule has 0 aromatic carbocycles. The first kappa shape index (κ1) is 17.8. The van der Waals surface area contributed by atoms with E-state index in [0.29, 0.717) is 12.8 Å². The van der Waals surface area contributed by atoms with Gasteiger partial charge >= 0.3 is 0 Å². The van der Waals surface area contributed by atoms with Gasteiger partial charge in [-0.1, -0.05) is 24.1 Å². The number of hydrogen-bond donors (Lipinski definition) is 3. The molecular weight excluding hydrogens is 332 g/mol. The Kier molecular flexibility index (Phi) is 3.75. The van der Waals surface area contributed by atoms with Gasteiger partial charge in [0.25, 0.3) is 0 Å². The van der Waals surface area contributed by atoms with Gasteiger partial charge in [-0.3, -0.25) is 9.59 Å². The van der Waals surface area contributed by atoms with E-state index >= 15 is 0 Å². The zero-order valence-corrected chi connectivity index (χ0v) is 15.3. The summed E-state index contributed by atoms with van der Waals surface area (Å²) in [5.74, 6) is -0.559. The van der Waals surface area contributed by atoms with Gasteiger partial charge in [0.15, 0.2) is 11.6 Å². The van der Waals surface area contributed by atoms with Crippen LogP contribution in [0.1, 0.15) is 46.0 Å². The topological polar surface area (TPSA) is 94.8 Å². The first-order valence-corrected chi connectivity index (χ1v) is 9.39. The highest BCUT2D eigenvalue weighted by Crippen LogP contribution is 2.64. The third-order valence-corrected chi connectivity index (χ3v) is 7.62. The molecular formula is C21H26O5. The summed E-state index contributed by atoms with van der Waals surface area (Å²) in [6.07, 6.45) is 7.11. The van der Waals surface area contributed by atoms with Crippen molar-refractivity contribution in [3.05, 3.63) is 34.9 Å². The molecule has 0 spiro atoms. The van der Waals surface area contributed by atoms with Crippen LogP contribution in [0.25, 0.3) is 0 Å². The van der Waals surface area contributed by atoms with Crippen molar-refractivity contribution in [3.63, 3.8) is 0 Å². The summed E-state index contributed by atoms with van der Waals surface area (Å²) in [6.45, 7) is 3.23. The lowest BCUT2D eigenvalue weighted by molar-refractivity contribution is -0.157. The highest BCUT2D eigenvalue weighted by atomic mass is 16.3. The predicted octanol–water partition coefficient (Wildman–Crippen LogP) is 1.62. The second-order valence-electron chi connectivity index (χ2n) is 8.72. The van der Waals surface area contributed by atoms with E-state index in [9.17, 15) is 24.9 Å². The molecule has 0 saturated heterocycles. The molecule has 0 unspecified atom stereocenters. The van der Waals surface area contributed by atoms with E-state index in [1.165, 1.54) is 0 Å². The fourth-order valence-electron chi connectivity index (χ4n) is 6.19. The molecule has 0 aromatic heterocycles. The molecule has 4 rings (SSSR count). The van der Waals surface area contributed by atoms with E-state index in [4.69, 9.17) is 0 Å². The molecule has 4 aliphatic rings. The van der Waals surface area contributed by atoms with Crippen LogP contribution >= 0.6 is 0 Å². The van der Waals surface area contributed by atoms with Crippen LogP contribution in [0.3, 0.4) is 0 Å². The van der Waals surface area contributed by atoms with Crippen LogP contribution in [0.15, 0.2) is 34.9 Å². The number of aliphatic hydroxyl groups is 3. The first-order valence-electron chi connectivity index (χ1n) is 9.39. The number of carbonyl (C=O) groups is 2. The summed E-state index contributed by atoms with van der Waals surface area (Å²) in [5, 5.41) is 31.6. The van der Waals surface area contributed by atoms with Crippen molar-refractivity contribution in [3.8, 4) is 0 Å². The standard InChI is InChI=1S/C21H26O5/c1-19-7-5-13(23)9-12(19)3-4-14-15-6-8-21(26,17(25)11-22)20(15,2)10-16(24)18(14)19/h5,7,9,15-16,22,24,26H,3-4,6,8,10-11H2,1-2H3/t15-,16-,19-,20-,21-/m0/s1. The molecule has 26 heavy (non-hydrogen) atoms. The van der Waals surface area contributed by atoms with Gasteiger partial charge in [-0.15, -0.1) is 0 Å². The van der Waals surface area contributed by atoms with E-state index < -0.39 is 34.9 Å². The van der Waals surface area contributed by atoms with E-state index in [0.717, 1.165) is 29.6 Å². The third-order valence-electron chi connectivity index (χ3n) is 7.62. The van der Waals surface area contributed by atoms with Crippen LogP contribution < -0.4 is 0 Å². The molecule has 0 radical (unpaired) electrons. The lowest BCUT2D eigenvalue weighted by Gasteiger charge is -2.53. The highest BCUT2D eigenvalue weighted by Gasteiger charge is 2.64. The number of ketones is 2. The van der Waals surface area contributed by atoms with Gasteiger partial charge in [-0.25, -0.2) is 0 Å². The predicted molar refractivity (Wildman–Crippen MR) is 95.1 cm³/mol. The van der Waals surface area contributed by atoms with Crippen molar-refractivity contribution in [1.29, 1.82) is 0 Å². The Labute approximate surface area is 153 Å². The SMILES string of the molecule is C[C@]12C=CC(=O)C=C1CCC1=C2[C@@H](O)C[C@@]2(C)[C@H]1CC[C@]2(O)C(=O)CO. The molecule has 1 saturated carbocycles. The normalized spacial score (nSPS) is 44.3. The average Bonchev–Trinajstić information content (AvgIpc) is 2.86. The molecule has 5 heteroatoms. The van der Waals surface area contributed by atoms with Gasteiger partial charge in [0.2, 0.25) is 0 Å². The van der Waals surface area contributed by atoms with Crippen molar-refractivity contribution >= 4 is 11.6 Å². The minimum atomic E-state index is -1.60. The van der Waals surface area contributed by atoms with Gasteiger partial charge in [0.1, 0.15) is 12.2 Å². The number of carbonyl (C=O) groups excluding carboxylic acids is 2. The summed E-state index contributed by atoms with van der Waals surface area (Å²) >= 11 is 0. The van der Waals surface area contributed by atoms with Gasteiger partial charge < -0.3 is 15.3 Å². The smallest absolute Gasteiger partial charge is 0.190 e. The highest BCUT2D eigenvalue weighted by molar-refractivity contribution is 6.01. The van der Waals surface area contributed by atoms with Crippen molar-refractivity contribution in [1.82, 2.24) is 0 Å². The number of aliphatic hydroxyl groups excluding tert-OH is 2. The number of Topliss-reactive ketones (excluding diaryl/α,β-unsaturated/α-hetero) is 1. The Hall–Kier alpha value is -1.56. The first-order chi connectivity index (χ1) is 12.2. The maximum atomic E-state index is 12.3. The minimum absolute atomic E-state index is 0.00537. The average molecular weight is 358 g/mol. The fourth-order valence-corrected chi connectivity index (χ4v) is 6.19. The van der Waals surface area contributed by atoms with Crippen LogP contribution in [0, 0.1) is 16.7 Å². The largest absolute Gasteiger partial charge is 0.389 e. The molecule has 0 aromatic rings. The van der Waals surface area contributed by atoms with Crippen LogP contribution in [0.2, 0.25) is 0 Å².